The summed E-state index contributed by atoms with van der Waals surface area (Å²) in [5.41, 5.74) is 2.39. The SMILES string of the molecule is Cc1cccc(CN2CCCC3(CCN(C(=O)c4ccsc4)CC3)C2=O)n1. The number of aryl methyl sites for hydroxylation is 1. The lowest BCUT2D eigenvalue weighted by Crippen LogP contribution is -2.54. The molecule has 4 rings (SSSR count). The maximum absolute atomic E-state index is 13.3. The number of piperidine rings is 2. The highest BCUT2D eigenvalue weighted by Gasteiger charge is 2.46. The molecule has 6 heteroatoms. The predicted octanol–water partition coefficient (Wildman–Crippen LogP) is 3.50. The van der Waals surface area contributed by atoms with Crippen LogP contribution < -0.4 is 0 Å². The Morgan fingerprint density at radius 3 is 2.70 bits per heavy atom. The zero-order valence-electron chi connectivity index (χ0n) is 15.7. The molecule has 4 heterocycles. The van der Waals surface area contributed by atoms with E-state index in [1.54, 1.807) is 11.3 Å². The van der Waals surface area contributed by atoms with Crippen molar-refractivity contribution in [3.8, 4) is 0 Å². The molecule has 2 amide bonds. The lowest BCUT2D eigenvalue weighted by atomic mass is 9.71. The van der Waals surface area contributed by atoms with E-state index in [0.29, 0.717) is 19.6 Å². The maximum Gasteiger partial charge on any atom is 0.254 e. The summed E-state index contributed by atoms with van der Waals surface area (Å²) in [4.78, 5) is 34.3. The Bertz CT molecular complexity index is 826. The van der Waals surface area contributed by atoms with E-state index in [9.17, 15) is 9.59 Å². The minimum Gasteiger partial charge on any atom is -0.339 e. The van der Waals surface area contributed by atoms with E-state index in [1.807, 2.05) is 51.7 Å². The second-order valence-corrected chi connectivity index (χ2v) is 8.47. The number of pyridine rings is 1. The summed E-state index contributed by atoms with van der Waals surface area (Å²) >= 11 is 1.54. The third-order valence-electron chi connectivity index (χ3n) is 5.90. The molecule has 0 aliphatic carbocycles. The molecular weight excluding hydrogens is 358 g/mol. The molecule has 2 saturated heterocycles. The molecule has 2 fully saturated rings. The van der Waals surface area contributed by atoms with E-state index >= 15 is 0 Å². The Hall–Kier alpha value is -2.21. The number of thiophene rings is 1. The normalized spacial score (nSPS) is 19.5. The zero-order chi connectivity index (χ0) is 18.9. The van der Waals surface area contributed by atoms with Crippen LogP contribution in [0, 0.1) is 12.3 Å². The first-order valence-electron chi connectivity index (χ1n) is 9.61. The fourth-order valence-corrected chi connectivity index (χ4v) is 4.99. The molecule has 2 aliphatic heterocycles. The summed E-state index contributed by atoms with van der Waals surface area (Å²) in [5, 5.41) is 3.83. The Labute approximate surface area is 164 Å². The average molecular weight is 384 g/mol. The number of likely N-dealkylation sites (tertiary alicyclic amines) is 2. The van der Waals surface area contributed by atoms with Gasteiger partial charge in [0.2, 0.25) is 5.91 Å². The standard InChI is InChI=1S/C21H25N3O2S/c1-16-4-2-5-18(22-16)14-24-10-3-7-21(20(24)26)8-11-23(12-9-21)19(25)17-6-13-27-15-17/h2,4-6,13,15H,3,7-12,14H2,1H3. The van der Waals surface area contributed by atoms with Crippen molar-refractivity contribution in [1.82, 2.24) is 14.8 Å². The van der Waals surface area contributed by atoms with Crippen molar-refractivity contribution in [1.29, 1.82) is 0 Å². The van der Waals surface area contributed by atoms with Gasteiger partial charge in [-0.3, -0.25) is 14.6 Å². The van der Waals surface area contributed by atoms with Crippen LogP contribution in [-0.2, 0) is 11.3 Å². The number of rotatable bonds is 3. The Kier molecular flexibility index (Phi) is 5.00. The molecule has 0 saturated carbocycles. The summed E-state index contributed by atoms with van der Waals surface area (Å²) in [6.45, 7) is 4.69. The van der Waals surface area contributed by atoms with Crippen molar-refractivity contribution in [3.63, 3.8) is 0 Å². The Morgan fingerprint density at radius 2 is 2.00 bits per heavy atom. The minimum atomic E-state index is -0.298. The van der Waals surface area contributed by atoms with E-state index in [0.717, 1.165) is 49.2 Å². The molecule has 5 nitrogen and oxygen atoms in total. The topological polar surface area (TPSA) is 53.5 Å². The number of carbonyl (C=O) groups excluding carboxylic acids is 2. The summed E-state index contributed by atoms with van der Waals surface area (Å²) in [7, 11) is 0. The molecule has 0 radical (unpaired) electrons. The quantitative estimate of drug-likeness (QED) is 0.815. The molecule has 0 N–H and O–H groups in total. The highest BCUT2D eigenvalue weighted by Crippen LogP contribution is 2.41. The molecule has 0 atom stereocenters. The molecule has 0 bridgehead atoms. The van der Waals surface area contributed by atoms with Crippen molar-refractivity contribution in [3.05, 3.63) is 52.0 Å². The number of hydrogen-bond donors (Lipinski definition) is 0. The second kappa shape index (κ2) is 7.43. The smallest absolute Gasteiger partial charge is 0.254 e. The van der Waals surface area contributed by atoms with Gasteiger partial charge in [-0.2, -0.15) is 11.3 Å². The van der Waals surface area contributed by atoms with E-state index in [1.165, 1.54) is 0 Å². The summed E-state index contributed by atoms with van der Waals surface area (Å²) in [5.74, 6) is 0.342. The predicted molar refractivity (Wildman–Crippen MR) is 106 cm³/mol. The fourth-order valence-electron chi connectivity index (χ4n) is 4.36. The van der Waals surface area contributed by atoms with Gasteiger partial charge in [0.25, 0.3) is 5.91 Å². The maximum atomic E-state index is 13.3. The zero-order valence-corrected chi connectivity index (χ0v) is 16.5. The number of nitrogens with zero attached hydrogens (tertiary/aromatic N) is 3. The van der Waals surface area contributed by atoms with Crippen LogP contribution in [0.25, 0.3) is 0 Å². The first-order valence-corrected chi connectivity index (χ1v) is 10.6. The van der Waals surface area contributed by atoms with Crippen molar-refractivity contribution in [2.45, 2.75) is 39.2 Å². The first kappa shape index (κ1) is 18.2. The van der Waals surface area contributed by atoms with Crippen molar-refractivity contribution in [2.24, 2.45) is 5.41 Å². The van der Waals surface area contributed by atoms with Crippen molar-refractivity contribution >= 4 is 23.2 Å². The lowest BCUT2D eigenvalue weighted by molar-refractivity contribution is -0.150. The van der Waals surface area contributed by atoms with Crippen molar-refractivity contribution in [2.75, 3.05) is 19.6 Å². The monoisotopic (exact) mass is 383 g/mol. The molecule has 2 aliphatic rings. The fraction of sp³-hybridized carbons (Fsp3) is 0.476. The van der Waals surface area contributed by atoms with Gasteiger partial charge in [-0.1, -0.05) is 6.07 Å². The summed E-state index contributed by atoms with van der Waals surface area (Å²) in [6, 6.07) is 7.84. The molecule has 0 aromatic carbocycles. The van der Waals surface area contributed by atoms with Crippen LogP contribution in [0.5, 0.6) is 0 Å². The third kappa shape index (κ3) is 3.63. The van der Waals surface area contributed by atoms with Gasteiger partial charge >= 0.3 is 0 Å². The third-order valence-corrected chi connectivity index (χ3v) is 6.58. The van der Waals surface area contributed by atoms with Crippen LogP contribution in [0.4, 0.5) is 0 Å². The second-order valence-electron chi connectivity index (χ2n) is 7.69. The number of amides is 2. The number of hydrogen-bond acceptors (Lipinski definition) is 4. The van der Waals surface area contributed by atoms with Crippen molar-refractivity contribution < 1.29 is 9.59 Å². The van der Waals surface area contributed by atoms with Crippen LogP contribution in [-0.4, -0.2) is 46.2 Å². The highest BCUT2D eigenvalue weighted by atomic mass is 32.1. The van der Waals surface area contributed by atoms with E-state index < -0.39 is 0 Å². The van der Waals surface area contributed by atoms with Gasteiger partial charge in [0, 0.05) is 30.7 Å². The van der Waals surface area contributed by atoms with Crippen LogP contribution in [0.15, 0.2) is 35.0 Å². The summed E-state index contributed by atoms with van der Waals surface area (Å²) < 4.78 is 0. The lowest BCUT2D eigenvalue weighted by Gasteiger charge is -2.46. The Morgan fingerprint density at radius 1 is 1.19 bits per heavy atom. The first-order chi connectivity index (χ1) is 13.1. The van der Waals surface area contributed by atoms with Crippen LogP contribution in [0.1, 0.15) is 47.4 Å². The molecule has 2 aromatic heterocycles. The minimum absolute atomic E-state index is 0.0928. The van der Waals surface area contributed by atoms with Gasteiger partial charge in [-0.25, -0.2) is 0 Å². The van der Waals surface area contributed by atoms with Crippen LogP contribution >= 0.6 is 11.3 Å². The van der Waals surface area contributed by atoms with Crippen LogP contribution in [0.2, 0.25) is 0 Å². The van der Waals surface area contributed by atoms with Gasteiger partial charge in [0.15, 0.2) is 0 Å². The number of carbonyl (C=O) groups is 2. The largest absolute Gasteiger partial charge is 0.339 e. The molecule has 142 valence electrons. The van der Waals surface area contributed by atoms with E-state index in [-0.39, 0.29) is 17.2 Å². The molecule has 27 heavy (non-hydrogen) atoms. The Balaban J connectivity index is 1.43. The van der Waals surface area contributed by atoms with Gasteiger partial charge in [0.05, 0.1) is 23.2 Å². The van der Waals surface area contributed by atoms with Gasteiger partial charge < -0.3 is 9.80 Å². The molecule has 1 spiro atoms. The molecule has 0 unspecified atom stereocenters. The highest BCUT2D eigenvalue weighted by molar-refractivity contribution is 7.08. The van der Waals surface area contributed by atoms with E-state index in [4.69, 9.17) is 0 Å². The molecule has 2 aromatic rings. The molecular formula is C21H25N3O2S. The van der Waals surface area contributed by atoms with E-state index in [2.05, 4.69) is 4.98 Å². The number of aromatic nitrogens is 1. The summed E-state index contributed by atoms with van der Waals surface area (Å²) in [6.07, 6.45) is 3.49. The van der Waals surface area contributed by atoms with Gasteiger partial charge in [-0.15, -0.1) is 0 Å². The van der Waals surface area contributed by atoms with Crippen LogP contribution in [0.3, 0.4) is 0 Å². The van der Waals surface area contributed by atoms with Gasteiger partial charge in [0.1, 0.15) is 0 Å². The average Bonchev–Trinajstić information content (AvgIpc) is 3.21. The van der Waals surface area contributed by atoms with Gasteiger partial charge in [-0.05, 0) is 56.2 Å².